The van der Waals surface area contributed by atoms with Crippen LogP contribution in [0.1, 0.15) is 62.0 Å². The zero-order valence-electron chi connectivity index (χ0n) is 17.6. The molecular weight excluding hydrogens is 417 g/mol. The average molecular weight is 443 g/mol. The third kappa shape index (κ3) is 6.04. The van der Waals surface area contributed by atoms with Crippen molar-refractivity contribution in [3.63, 3.8) is 0 Å². The highest BCUT2D eigenvalue weighted by Gasteiger charge is 2.32. The molecule has 0 fully saturated rings. The van der Waals surface area contributed by atoms with Gasteiger partial charge in [0.2, 0.25) is 0 Å². The van der Waals surface area contributed by atoms with E-state index in [1.165, 1.54) is 25.6 Å². The van der Waals surface area contributed by atoms with Crippen molar-refractivity contribution in [2.24, 2.45) is 4.99 Å². The van der Waals surface area contributed by atoms with E-state index in [1.54, 1.807) is 0 Å². The molecule has 1 heterocycles. The first-order valence-corrected chi connectivity index (χ1v) is 10.2. The van der Waals surface area contributed by atoms with Gasteiger partial charge in [0.05, 0.1) is 18.2 Å². The second kappa shape index (κ2) is 9.16. The number of methoxy groups -OCH3 is 1. The van der Waals surface area contributed by atoms with E-state index in [4.69, 9.17) is 4.74 Å². The lowest BCUT2D eigenvalue weighted by atomic mass is 10.1. The van der Waals surface area contributed by atoms with Crippen molar-refractivity contribution in [2.45, 2.75) is 58.7 Å². The molecule has 2 rings (SSSR count). The number of aryl methyl sites for hydroxylation is 1. The number of ether oxygens (including phenoxy) is 1. The van der Waals surface area contributed by atoms with Gasteiger partial charge in [0.15, 0.2) is 0 Å². The van der Waals surface area contributed by atoms with Crippen molar-refractivity contribution < 1.29 is 27.5 Å². The van der Waals surface area contributed by atoms with Crippen molar-refractivity contribution in [2.75, 3.05) is 7.11 Å². The number of rotatable bonds is 6. The van der Waals surface area contributed by atoms with Crippen LogP contribution in [0.3, 0.4) is 0 Å². The van der Waals surface area contributed by atoms with E-state index in [1.807, 2.05) is 30.9 Å². The lowest BCUT2D eigenvalue weighted by Gasteiger charge is -2.19. The lowest BCUT2D eigenvalue weighted by molar-refractivity contribution is -0.137. The monoisotopic (exact) mass is 442 g/mol. The summed E-state index contributed by atoms with van der Waals surface area (Å²) in [6.07, 6.45) is -1.18. The maximum Gasteiger partial charge on any atom is 0.416 e. The van der Waals surface area contributed by atoms with Gasteiger partial charge < -0.3 is 9.53 Å². The first-order chi connectivity index (χ1) is 13.8. The Labute approximate surface area is 177 Å². The maximum absolute atomic E-state index is 13.1. The molecule has 0 atom stereocenters. The lowest BCUT2D eigenvalue weighted by Crippen LogP contribution is -2.18. The number of aromatic nitrogens is 1. The molecule has 0 saturated carbocycles. The van der Waals surface area contributed by atoms with Crippen LogP contribution in [0.2, 0.25) is 0 Å². The molecule has 2 aromatic rings. The van der Waals surface area contributed by atoms with Crippen LogP contribution in [0, 0.1) is 0 Å². The minimum absolute atomic E-state index is 0.0233. The molecule has 1 amide bonds. The molecule has 0 saturated heterocycles. The summed E-state index contributed by atoms with van der Waals surface area (Å²) in [6.45, 7) is 7.48. The predicted octanol–water partition coefficient (Wildman–Crippen LogP) is 4.98. The fraction of sp³-hybridized carbons (Fsp3) is 0.476. The molecule has 1 aromatic heterocycles. The van der Waals surface area contributed by atoms with Crippen LogP contribution < -0.4 is 9.41 Å². The Kier molecular flexibility index (Phi) is 7.28. The Bertz CT molecular complexity index is 998. The highest BCUT2D eigenvalue weighted by Crippen LogP contribution is 2.32. The van der Waals surface area contributed by atoms with Crippen molar-refractivity contribution in [1.82, 2.24) is 3.96 Å². The zero-order chi connectivity index (χ0) is 22.7. The SMILES string of the molecule is COc1ccc(C(F)(F)F)cc1C(=O)/N=c1\sn(C(C)(C)C)cc1CCCC(C)=O. The molecule has 0 spiro atoms. The Balaban J connectivity index is 2.52. The summed E-state index contributed by atoms with van der Waals surface area (Å²) in [5.41, 5.74) is -0.683. The van der Waals surface area contributed by atoms with Gasteiger partial charge in [-0.2, -0.15) is 18.2 Å². The summed E-state index contributed by atoms with van der Waals surface area (Å²) in [5.74, 6) is -0.721. The van der Waals surface area contributed by atoms with Gasteiger partial charge in [0.1, 0.15) is 16.2 Å². The average Bonchev–Trinajstić information content (AvgIpc) is 3.03. The number of nitrogens with zero attached hydrogens (tertiary/aromatic N) is 2. The van der Waals surface area contributed by atoms with Gasteiger partial charge in [-0.3, -0.25) is 8.75 Å². The van der Waals surface area contributed by atoms with Crippen LogP contribution in [0.5, 0.6) is 5.75 Å². The number of hydrogen-bond donors (Lipinski definition) is 0. The molecule has 0 bridgehead atoms. The number of alkyl halides is 3. The van der Waals surface area contributed by atoms with Crippen molar-refractivity contribution in [1.29, 1.82) is 0 Å². The van der Waals surface area contributed by atoms with Gasteiger partial charge in [-0.1, -0.05) is 0 Å². The highest BCUT2D eigenvalue weighted by molar-refractivity contribution is 7.04. The minimum atomic E-state index is -4.59. The van der Waals surface area contributed by atoms with E-state index >= 15 is 0 Å². The second-order valence-electron chi connectivity index (χ2n) is 7.93. The Hall–Kier alpha value is -2.42. The maximum atomic E-state index is 13.1. The van der Waals surface area contributed by atoms with Gasteiger partial charge >= 0.3 is 6.18 Å². The van der Waals surface area contributed by atoms with Crippen molar-refractivity contribution in [3.8, 4) is 5.75 Å². The van der Waals surface area contributed by atoms with Crippen LogP contribution in [0.4, 0.5) is 13.2 Å². The summed E-state index contributed by atoms with van der Waals surface area (Å²) < 4.78 is 46.7. The molecule has 0 radical (unpaired) electrons. The van der Waals surface area contributed by atoms with Crippen molar-refractivity contribution >= 4 is 23.2 Å². The number of hydrogen-bond acceptors (Lipinski definition) is 4. The van der Waals surface area contributed by atoms with E-state index in [-0.39, 0.29) is 22.6 Å². The molecule has 0 aliphatic carbocycles. The molecule has 1 aromatic carbocycles. The second-order valence-corrected chi connectivity index (χ2v) is 8.90. The van der Waals surface area contributed by atoms with Gasteiger partial charge in [0, 0.05) is 23.7 Å². The van der Waals surface area contributed by atoms with E-state index in [0.29, 0.717) is 23.9 Å². The predicted molar refractivity (Wildman–Crippen MR) is 109 cm³/mol. The zero-order valence-corrected chi connectivity index (χ0v) is 18.4. The number of carbonyl (C=O) groups is 2. The number of amides is 1. The summed E-state index contributed by atoms with van der Waals surface area (Å²) in [4.78, 5) is 28.2. The molecule has 0 unspecified atom stereocenters. The standard InChI is InChI=1S/C21H25F3N2O3S/c1-13(27)7-6-8-14-12-26(20(2,3)4)30-19(14)25-18(28)16-11-15(21(22,23)24)9-10-17(16)29-5/h9-12H,6-8H2,1-5H3/b25-19-. The quantitative estimate of drug-likeness (QED) is 0.634. The van der Waals surface area contributed by atoms with Crippen molar-refractivity contribution in [3.05, 3.63) is 45.8 Å². The fourth-order valence-electron chi connectivity index (χ4n) is 2.70. The van der Waals surface area contributed by atoms with Crippen LogP contribution in [-0.2, 0) is 22.9 Å². The summed E-state index contributed by atoms with van der Waals surface area (Å²) in [5, 5.41) is 0. The Morgan fingerprint density at radius 2 is 1.87 bits per heavy atom. The van der Waals surface area contributed by atoms with E-state index in [2.05, 4.69) is 4.99 Å². The fourth-order valence-corrected chi connectivity index (χ4v) is 3.74. The third-order valence-electron chi connectivity index (χ3n) is 4.33. The Morgan fingerprint density at radius 3 is 2.40 bits per heavy atom. The molecule has 0 aliphatic rings. The number of Topliss-reactive ketones (excluding diaryl/α,β-unsaturated/α-hetero) is 1. The molecule has 5 nitrogen and oxygen atoms in total. The molecule has 164 valence electrons. The molecule has 0 N–H and O–H groups in total. The van der Waals surface area contributed by atoms with E-state index in [9.17, 15) is 22.8 Å². The van der Waals surface area contributed by atoms with Gasteiger partial charge in [-0.15, -0.1) is 0 Å². The van der Waals surface area contributed by atoms with Gasteiger partial charge in [0.25, 0.3) is 5.91 Å². The summed E-state index contributed by atoms with van der Waals surface area (Å²) >= 11 is 1.25. The number of halogens is 3. The number of ketones is 1. The van der Waals surface area contributed by atoms with Gasteiger partial charge in [-0.05, 0) is 70.3 Å². The first-order valence-electron chi connectivity index (χ1n) is 9.39. The van der Waals surface area contributed by atoms with E-state index < -0.39 is 17.6 Å². The first kappa shape index (κ1) is 23.9. The van der Waals surface area contributed by atoms with Crippen LogP contribution in [-0.4, -0.2) is 22.8 Å². The van der Waals surface area contributed by atoms with E-state index in [0.717, 1.165) is 23.8 Å². The van der Waals surface area contributed by atoms with Crippen LogP contribution in [0.25, 0.3) is 0 Å². The largest absolute Gasteiger partial charge is 0.496 e. The normalized spacial score (nSPS) is 12.9. The third-order valence-corrected chi connectivity index (χ3v) is 5.71. The number of benzene rings is 1. The number of carbonyl (C=O) groups excluding carboxylic acids is 2. The molecule has 9 heteroatoms. The summed E-state index contributed by atoms with van der Waals surface area (Å²) in [6, 6.07) is 2.73. The summed E-state index contributed by atoms with van der Waals surface area (Å²) in [7, 11) is 1.28. The topological polar surface area (TPSA) is 60.7 Å². The molecule has 30 heavy (non-hydrogen) atoms. The minimum Gasteiger partial charge on any atom is -0.496 e. The van der Waals surface area contributed by atoms with Gasteiger partial charge in [-0.25, -0.2) is 0 Å². The Morgan fingerprint density at radius 1 is 1.20 bits per heavy atom. The molecule has 0 aliphatic heterocycles. The molecular formula is C21H25F3N2O3S. The smallest absolute Gasteiger partial charge is 0.416 e. The van der Waals surface area contributed by atoms with Crippen LogP contribution in [0.15, 0.2) is 29.4 Å². The highest BCUT2D eigenvalue weighted by atomic mass is 32.1. The van der Waals surface area contributed by atoms with Crippen LogP contribution >= 0.6 is 11.5 Å².